The molecule has 0 atom stereocenters. The second-order valence-electron chi connectivity index (χ2n) is 3.42. The summed E-state index contributed by atoms with van der Waals surface area (Å²) in [5, 5.41) is 17.8. The van der Waals surface area contributed by atoms with Gasteiger partial charge in [-0.15, -0.1) is 0 Å². The fourth-order valence-corrected chi connectivity index (χ4v) is 0.819. The second-order valence-corrected chi connectivity index (χ2v) is 3.42. The number of esters is 1. The van der Waals surface area contributed by atoms with Crippen LogP contribution in [0, 0.1) is 0 Å². The second kappa shape index (κ2) is 7.58. The average molecular weight is 222 g/mol. The van der Waals surface area contributed by atoms with Crippen molar-refractivity contribution < 1.29 is 30.2 Å². The summed E-state index contributed by atoms with van der Waals surface area (Å²) >= 11 is 0. The summed E-state index contributed by atoms with van der Waals surface area (Å²) in [4.78, 5) is 10.9. The minimum absolute atomic E-state index is 0.111. The molecule has 0 bridgehead atoms. The monoisotopic (exact) mass is 222 g/mol. The predicted octanol–water partition coefficient (Wildman–Crippen LogP) is -2.08. The van der Waals surface area contributed by atoms with E-state index in [1.54, 1.807) is 6.92 Å². The highest BCUT2D eigenvalue weighted by molar-refractivity contribution is 5.69. The topological polar surface area (TPSA) is 104 Å². The predicted molar refractivity (Wildman–Crippen MR) is 51.9 cm³/mol. The SMILES string of the molecule is CCOC(=O)CCOCC([NH3+])(CO)CO. The first kappa shape index (κ1) is 14.3. The number of hydrogen-bond acceptors (Lipinski definition) is 5. The van der Waals surface area contributed by atoms with Gasteiger partial charge in [-0.25, -0.2) is 0 Å². The van der Waals surface area contributed by atoms with Crippen LogP contribution in [0.3, 0.4) is 0 Å². The van der Waals surface area contributed by atoms with Crippen molar-refractivity contribution in [3.8, 4) is 0 Å². The molecule has 0 saturated carbocycles. The molecule has 0 radical (unpaired) electrons. The molecule has 0 unspecified atom stereocenters. The molecular weight excluding hydrogens is 202 g/mol. The fourth-order valence-electron chi connectivity index (χ4n) is 0.819. The Morgan fingerprint density at radius 3 is 2.47 bits per heavy atom. The van der Waals surface area contributed by atoms with Gasteiger partial charge in [-0.05, 0) is 6.92 Å². The molecule has 5 N–H and O–H groups in total. The quantitative estimate of drug-likeness (QED) is 0.323. The van der Waals surface area contributed by atoms with E-state index < -0.39 is 5.54 Å². The van der Waals surface area contributed by atoms with Crippen LogP contribution in [0.5, 0.6) is 0 Å². The van der Waals surface area contributed by atoms with Crippen LogP contribution >= 0.6 is 0 Å². The van der Waals surface area contributed by atoms with Crippen LogP contribution in [0.15, 0.2) is 0 Å². The molecule has 0 aliphatic carbocycles. The van der Waals surface area contributed by atoms with Crippen molar-refractivity contribution in [1.82, 2.24) is 0 Å². The molecule has 0 aliphatic rings. The Morgan fingerprint density at radius 1 is 1.40 bits per heavy atom. The van der Waals surface area contributed by atoms with Crippen molar-refractivity contribution >= 4 is 5.97 Å². The maximum absolute atomic E-state index is 10.9. The highest BCUT2D eigenvalue weighted by Crippen LogP contribution is 1.97. The Morgan fingerprint density at radius 2 is 2.00 bits per heavy atom. The van der Waals surface area contributed by atoms with Gasteiger partial charge in [-0.3, -0.25) is 4.79 Å². The van der Waals surface area contributed by atoms with Gasteiger partial charge in [0.15, 0.2) is 5.54 Å². The molecule has 0 aromatic heterocycles. The van der Waals surface area contributed by atoms with Gasteiger partial charge in [-0.2, -0.15) is 0 Å². The van der Waals surface area contributed by atoms with E-state index in [9.17, 15) is 4.79 Å². The van der Waals surface area contributed by atoms with Crippen LogP contribution in [0.4, 0.5) is 0 Å². The van der Waals surface area contributed by atoms with Gasteiger partial charge in [0.1, 0.15) is 19.8 Å². The number of carbonyl (C=O) groups is 1. The molecule has 0 aromatic carbocycles. The molecule has 0 aromatic rings. The summed E-state index contributed by atoms with van der Waals surface area (Å²) in [5.74, 6) is -0.319. The summed E-state index contributed by atoms with van der Waals surface area (Å²) < 4.78 is 9.81. The van der Waals surface area contributed by atoms with Crippen LogP contribution in [-0.2, 0) is 14.3 Å². The lowest BCUT2D eigenvalue weighted by molar-refractivity contribution is -0.496. The molecule has 0 amide bonds. The Kier molecular flexibility index (Phi) is 7.23. The molecule has 0 saturated heterocycles. The first-order chi connectivity index (χ1) is 7.08. The van der Waals surface area contributed by atoms with Gasteiger partial charge in [0, 0.05) is 0 Å². The van der Waals surface area contributed by atoms with Crippen LogP contribution in [0.1, 0.15) is 13.3 Å². The lowest BCUT2D eigenvalue weighted by Crippen LogP contribution is -2.78. The van der Waals surface area contributed by atoms with Gasteiger partial charge in [0.2, 0.25) is 0 Å². The highest BCUT2D eigenvalue weighted by atomic mass is 16.5. The zero-order chi connectivity index (χ0) is 11.7. The van der Waals surface area contributed by atoms with E-state index in [2.05, 4.69) is 5.73 Å². The molecule has 0 rings (SSSR count). The summed E-state index contributed by atoms with van der Waals surface area (Å²) in [5.41, 5.74) is 2.72. The smallest absolute Gasteiger partial charge is 0.308 e. The third-order valence-corrected chi connectivity index (χ3v) is 1.83. The van der Waals surface area contributed by atoms with E-state index in [1.807, 2.05) is 0 Å². The van der Waals surface area contributed by atoms with E-state index in [0.29, 0.717) is 6.61 Å². The van der Waals surface area contributed by atoms with Crippen LogP contribution in [0.2, 0.25) is 0 Å². The fraction of sp³-hybridized carbons (Fsp3) is 0.889. The normalized spacial score (nSPS) is 11.5. The van der Waals surface area contributed by atoms with Gasteiger partial charge in [-0.1, -0.05) is 0 Å². The zero-order valence-corrected chi connectivity index (χ0v) is 9.07. The average Bonchev–Trinajstić information content (AvgIpc) is 2.24. The highest BCUT2D eigenvalue weighted by Gasteiger charge is 2.27. The van der Waals surface area contributed by atoms with Crippen molar-refractivity contribution in [2.45, 2.75) is 18.9 Å². The maximum Gasteiger partial charge on any atom is 0.308 e. The van der Waals surface area contributed by atoms with E-state index in [1.165, 1.54) is 0 Å². The standard InChI is InChI=1S/C9H19NO5/c1-2-15-8(13)3-4-14-7-9(10,5-11)6-12/h11-12H,2-7,10H2,1H3/p+1. The summed E-state index contributed by atoms with van der Waals surface area (Å²) in [6, 6.07) is 0. The van der Waals surface area contributed by atoms with Gasteiger partial charge in [0.25, 0.3) is 0 Å². The molecule has 0 fully saturated rings. The maximum atomic E-state index is 10.9. The number of hydrogen-bond donors (Lipinski definition) is 3. The Hall–Kier alpha value is -0.690. The number of quaternary nitrogens is 1. The van der Waals surface area contributed by atoms with E-state index in [0.717, 1.165) is 0 Å². The first-order valence-electron chi connectivity index (χ1n) is 4.88. The lowest BCUT2D eigenvalue weighted by atomic mass is 10.1. The summed E-state index contributed by atoms with van der Waals surface area (Å²) in [7, 11) is 0. The van der Waals surface area contributed by atoms with Crippen LogP contribution < -0.4 is 5.73 Å². The Labute approximate surface area is 89.0 Å². The van der Waals surface area contributed by atoms with Crippen LogP contribution in [0.25, 0.3) is 0 Å². The van der Waals surface area contributed by atoms with Gasteiger partial charge < -0.3 is 25.4 Å². The third-order valence-electron chi connectivity index (χ3n) is 1.83. The molecule has 0 heterocycles. The van der Waals surface area contributed by atoms with Crippen molar-refractivity contribution in [2.24, 2.45) is 0 Å². The molecule has 0 spiro atoms. The molecule has 6 nitrogen and oxygen atoms in total. The van der Waals surface area contributed by atoms with Crippen molar-refractivity contribution in [3.63, 3.8) is 0 Å². The van der Waals surface area contributed by atoms with Crippen molar-refractivity contribution in [3.05, 3.63) is 0 Å². The summed E-state index contributed by atoms with van der Waals surface area (Å²) in [6.07, 6.45) is 0.167. The van der Waals surface area contributed by atoms with Gasteiger partial charge in [0.05, 0.1) is 19.6 Å². The molecule has 0 aliphatic heterocycles. The Bertz CT molecular complexity index is 181. The number of aliphatic hydroxyl groups excluding tert-OH is 2. The minimum atomic E-state index is -0.894. The number of ether oxygens (including phenoxy) is 2. The van der Waals surface area contributed by atoms with Crippen molar-refractivity contribution in [2.75, 3.05) is 33.0 Å². The van der Waals surface area contributed by atoms with Crippen LogP contribution in [-0.4, -0.2) is 54.8 Å². The third kappa shape index (κ3) is 6.40. The van der Waals surface area contributed by atoms with Gasteiger partial charge >= 0.3 is 5.97 Å². The van der Waals surface area contributed by atoms with E-state index in [4.69, 9.17) is 19.7 Å². The zero-order valence-electron chi connectivity index (χ0n) is 9.07. The summed E-state index contributed by atoms with van der Waals surface area (Å²) in [6.45, 7) is 1.88. The Balaban J connectivity index is 3.57. The van der Waals surface area contributed by atoms with E-state index >= 15 is 0 Å². The largest absolute Gasteiger partial charge is 0.466 e. The van der Waals surface area contributed by atoms with E-state index in [-0.39, 0.29) is 38.8 Å². The molecule has 15 heavy (non-hydrogen) atoms. The van der Waals surface area contributed by atoms with Crippen molar-refractivity contribution in [1.29, 1.82) is 0 Å². The minimum Gasteiger partial charge on any atom is -0.466 e. The molecule has 90 valence electrons. The number of carbonyl (C=O) groups excluding carboxylic acids is 1. The number of aliphatic hydroxyl groups is 2. The molecule has 6 heteroatoms. The lowest BCUT2D eigenvalue weighted by Gasteiger charge is -2.20. The number of rotatable bonds is 8. The molecular formula is C9H20NO5+. The first-order valence-corrected chi connectivity index (χ1v) is 4.88.